The predicted octanol–water partition coefficient (Wildman–Crippen LogP) is 0.842. The molecular weight excluding hydrogens is 144 g/mol. The Labute approximate surface area is 68.2 Å². The summed E-state index contributed by atoms with van der Waals surface area (Å²) >= 11 is 0. The summed E-state index contributed by atoms with van der Waals surface area (Å²) in [4.78, 5) is 11.4. The molecule has 0 heterocycles. The molecule has 0 aliphatic heterocycles. The lowest BCUT2D eigenvalue weighted by molar-refractivity contribution is 0.150. The van der Waals surface area contributed by atoms with E-state index in [9.17, 15) is 4.79 Å². The fourth-order valence-corrected chi connectivity index (χ4v) is 0.494. The van der Waals surface area contributed by atoms with Gasteiger partial charge < -0.3 is 15.3 Å². The van der Waals surface area contributed by atoms with E-state index in [-0.39, 0.29) is 0 Å². The molecule has 0 spiro atoms. The van der Waals surface area contributed by atoms with Gasteiger partial charge in [0.15, 0.2) is 0 Å². The molecule has 2 N–H and O–H groups in total. The number of carbonyl (C=O) groups is 1. The molecule has 4 nitrogen and oxygen atoms in total. The van der Waals surface area contributed by atoms with Crippen LogP contribution in [0.1, 0.15) is 13.8 Å². The molecule has 1 amide bonds. The van der Waals surface area contributed by atoms with Gasteiger partial charge in [-0.2, -0.15) is 0 Å². The highest BCUT2D eigenvalue weighted by Gasteiger charge is 2.02. The van der Waals surface area contributed by atoms with Crippen LogP contribution in [-0.4, -0.2) is 43.3 Å². The number of nitrogens with one attached hydrogen (secondary N) is 1. The van der Waals surface area contributed by atoms with Gasteiger partial charge in [0.2, 0.25) is 0 Å². The summed E-state index contributed by atoms with van der Waals surface area (Å²) in [6.45, 7) is 4.78. The van der Waals surface area contributed by atoms with Crippen LogP contribution in [0.5, 0.6) is 0 Å². The molecule has 0 radical (unpaired) electrons. The molecule has 0 aliphatic rings. The van der Waals surface area contributed by atoms with Crippen molar-refractivity contribution < 1.29 is 9.90 Å². The second kappa shape index (κ2) is 9.23. The highest BCUT2D eigenvalue weighted by atomic mass is 16.4. The highest BCUT2D eigenvalue weighted by Crippen LogP contribution is 1.84. The summed E-state index contributed by atoms with van der Waals surface area (Å²) in [5.41, 5.74) is 0. The summed E-state index contributed by atoms with van der Waals surface area (Å²) in [5, 5.41) is 11.0. The molecule has 11 heavy (non-hydrogen) atoms. The summed E-state index contributed by atoms with van der Waals surface area (Å²) in [5.74, 6) is 0. The minimum atomic E-state index is -0.838. The van der Waals surface area contributed by atoms with E-state index < -0.39 is 6.09 Å². The molecule has 0 fully saturated rings. The first kappa shape index (κ1) is 12.9. The zero-order valence-electron chi connectivity index (χ0n) is 7.72. The molecule has 0 bridgehead atoms. The van der Waals surface area contributed by atoms with Crippen LogP contribution in [0.2, 0.25) is 0 Å². The van der Waals surface area contributed by atoms with E-state index >= 15 is 0 Å². The van der Waals surface area contributed by atoms with Crippen LogP contribution < -0.4 is 5.32 Å². The zero-order chi connectivity index (χ0) is 9.28. The summed E-state index contributed by atoms with van der Waals surface area (Å²) in [6, 6.07) is 0. The quantitative estimate of drug-likeness (QED) is 0.632. The van der Waals surface area contributed by atoms with Crippen molar-refractivity contribution in [3.8, 4) is 0 Å². The van der Waals surface area contributed by atoms with Crippen molar-refractivity contribution in [2.45, 2.75) is 13.8 Å². The van der Waals surface area contributed by atoms with E-state index in [1.165, 1.54) is 4.90 Å². The molecule has 0 aromatic rings. The van der Waals surface area contributed by atoms with Crippen LogP contribution in [-0.2, 0) is 0 Å². The van der Waals surface area contributed by atoms with E-state index in [4.69, 9.17) is 5.11 Å². The SMILES string of the molecule is CCN(CC)C(=O)O.CNC. The first-order chi connectivity index (χ1) is 5.13. The summed E-state index contributed by atoms with van der Waals surface area (Å²) < 4.78 is 0. The summed E-state index contributed by atoms with van der Waals surface area (Å²) in [7, 11) is 3.75. The molecule has 0 unspecified atom stereocenters. The number of amides is 1. The Bertz CT molecular complexity index is 92.4. The van der Waals surface area contributed by atoms with Gasteiger partial charge in [0.05, 0.1) is 0 Å². The van der Waals surface area contributed by atoms with Crippen molar-refractivity contribution in [2.75, 3.05) is 27.2 Å². The lowest BCUT2D eigenvalue weighted by Crippen LogP contribution is -2.28. The number of rotatable bonds is 2. The van der Waals surface area contributed by atoms with Gasteiger partial charge in [0.1, 0.15) is 0 Å². The fourth-order valence-electron chi connectivity index (χ4n) is 0.494. The van der Waals surface area contributed by atoms with Crippen molar-refractivity contribution in [3.63, 3.8) is 0 Å². The third-order valence-electron chi connectivity index (χ3n) is 1.03. The van der Waals surface area contributed by atoms with Crippen LogP contribution in [0.4, 0.5) is 4.79 Å². The minimum Gasteiger partial charge on any atom is -0.465 e. The first-order valence-electron chi connectivity index (χ1n) is 3.70. The van der Waals surface area contributed by atoms with Crippen LogP contribution in [0.3, 0.4) is 0 Å². The Morgan fingerprint density at radius 3 is 1.64 bits per heavy atom. The average Bonchev–Trinajstić information content (AvgIpc) is 1.91. The maximum Gasteiger partial charge on any atom is 0.407 e. The van der Waals surface area contributed by atoms with E-state index in [2.05, 4.69) is 5.32 Å². The second-order valence-electron chi connectivity index (χ2n) is 1.95. The molecule has 68 valence electrons. The van der Waals surface area contributed by atoms with Crippen molar-refractivity contribution in [1.82, 2.24) is 10.2 Å². The zero-order valence-corrected chi connectivity index (χ0v) is 7.72. The van der Waals surface area contributed by atoms with E-state index in [0.29, 0.717) is 13.1 Å². The Hall–Kier alpha value is -0.770. The first-order valence-corrected chi connectivity index (χ1v) is 3.70. The van der Waals surface area contributed by atoms with Crippen molar-refractivity contribution in [2.24, 2.45) is 0 Å². The Balaban J connectivity index is 0. The maximum atomic E-state index is 10.1. The highest BCUT2D eigenvalue weighted by molar-refractivity contribution is 5.64. The van der Waals surface area contributed by atoms with Gasteiger partial charge in [0.25, 0.3) is 0 Å². The van der Waals surface area contributed by atoms with Gasteiger partial charge in [-0.3, -0.25) is 0 Å². The number of hydrogen-bond acceptors (Lipinski definition) is 2. The molecule has 4 heteroatoms. The number of carboxylic acid groups (broad SMARTS) is 1. The standard InChI is InChI=1S/C5H11NO2.C2H7N/c1-3-6(4-2)5(7)8;1-3-2/h3-4H2,1-2H3,(H,7,8);3H,1-2H3. The molecular formula is C7H18N2O2. The van der Waals surface area contributed by atoms with Crippen molar-refractivity contribution >= 4 is 6.09 Å². The minimum absolute atomic E-state index is 0.575. The van der Waals surface area contributed by atoms with Crippen molar-refractivity contribution in [1.29, 1.82) is 0 Å². The third-order valence-corrected chi connectivity index (χ3v) is 1.03. The Kier molecular flexibility index (Phi) is 10.8. The molecule has 0 atom stereocenters. The van der Waals surface area contributed by atoms with E-state index in [1.54, 1.807) is 0 Å². The van der Waals surface area contributed by atoms with Gasteiger partial charge in [0, 0.05) is 13.1 Å². The molecule has 0 saturated carbocycles. The van der Waals surface area contributed by atoms with Crippen LogP contribution in [0.25, 0.3) is 0 Å². The largest absolute Gasteiger partial charge is 0.465 e. The predicted molar refractivity (Wildman–Crippen MR) is 45.9 cm³/mol. The van der Waals surface area contributed by atoms with Gasteiger partial charge >= 0.3 is 6.09 Å². The monoisotopic (exact) mass is 162 g/mol. The molecule has 0 rings (SSSR count). The molecule has 0 aromatic carbocycles. The maximum absolute atomic E-state index is 10.1. The molecule has 0 aliphatic carbocycles. The van der Waals surface area contributed by atoms with Crippen LogP contribution in [0.15, 0.2) is 0 Å². The fraction of sp³-hybridized carbons (Fsp3) is 0.857. The van der Waals surface area contributed by atoms with Crippen LogP contribution >= 0.6 is 0 Å². The molecule has 0 saturated heterocycles. The van der Waals surface area contributed by atoms with Gasteiger partial charge in [-0.25, -0.2) is 4.79 Å². The number of nitrogens with zero attached hydrogens (tertiary/aromatic N) is 1. The summed E-state index contributed by atoms with van der Waals surface area (Å²) in [6.07, 6.45) is -0.838. The second-order valence-corrected chi connectivity index (χ2v) is 1.95. The number of hydrogen-bond donors (Lipinski definition) is 2. The Morgan fingerprint density at radius 1 is 1.36 bits per heavy atom. The topological polar surface area (TPSA) is 52.6 Å². The lowest BCUT2D eigenvalue weighted by atomic mass is 10.6. The smallest absolute Gasteiger partial charge is 0.407 e. The van der Waals surface area contributed by atoms with Gasteiger partial charge in [-0.1, -0.05) is 0 Å². The Morgan fingerprint density at radius 2 is 1.64 bits per heavy atom. The van der Waals surface area contributed by atoms with Gasteiger partial charge in [-0.05, 0) is 27.9 Å². The van der Waals surface area contributed by atoms with Gasteiger partial charge in [-0.15, -0.1) is 0 Å². The third kappa shape index (κ3) is 9.23. The molecule has 0 aromatic heterocycles. The van der Waals surface area contributed by atoms with Crippen molar-refractivity contribution in [3.05, 3.63) is 0 Å². The van der Waals surface area contributed by atoms with E-state index in [0.717, 1.165) is 0 Å². The normalized spacial score (nSPS) is 8.00. The average molecular weight is 162 g/mol. The van der Waals surface area contributed by atoms with E-state index in [1.807, 2.05) is 27.9 Å². The van der Waals surface area contributed by atoms with Crippen LogP contribution in [0, 0.1) is 0 Å². The lowest BCUT2D eigenvalue weighted by Gasteiger charge is -2.12.